The van der Waals surface area contributed by atoms with Gasteiger partial charge in [0, 0.05) is 24.4 Å². The van der Waals surface area contributed by atoms with Gasteiger partial charge in [-0.25, -0.2) is 9.78 Å². The Kier molecular flexibility index (Phi) is 3.64. The molecule has 0 aromatic carbocycles. The Labute approximate surface area is 120 Å². The van der Waals surface area contributed by atoms with Crippen LogP contribution in [0.3, 0.4) is 0 Å². The Balaban J connectivity index is 1.54. The van der Waals surface area contributed by atoms with Crippen LogP contribution in [0.25, 0.3) is 0 Å². The first-order chi connectivity index (χ1) is 9.72. The van der Waals surface area contributed by atoms with E-state index in [-0.39, 0.29) is 12.0 Å². The molecule has 2 aromatic heterocycles. The molecule has 2 amide bonds. The molecule has 0 aliphatic carbocycles. The van der Waals surface area contributed by atoms with Gasteiger partial charge in [0.2, 0.25) is 0 Å². The van der Waals surface area contributed by atoms with E-state index >= 15 is 0 Å². The molecule has 2 aromatic rings. The van der Waals surface area contributed by atoms with E-state index in [9.17, 15) is 4.79 Å². The van der Waals surface area contributed by atoms with E-state index in [4.69, 9.17) is 4.52 Å². The summed E-state index contributed by atoms with van der Waals surface area (Å²) in [5, 5.41) is 8.33. The van der Waals surface area contributed by atoms with Crippen molar-refractivity contribution in [3.05, 3.63) is 22.4 Å². The van der Waals surface area contributed by atoms with Crippen LogP contribution in [-0.2, 0) is 0 Å². The van der Waals surface area contributed by atoms with E-state index in [1.807, 2.05) is 5.51 Å². The third-order valence-corrected chi connectivity index (χ3v) is 4.00. The highest BCUT2D eigenvalue weighted by Crippen LogP contribution is 2.27. The van der Waals surface area contributed by atoms with Crippen LogP contribution >= 0.6 is 11.3 Å². The Bertz CT molecular complexity index is 574. The van der Waals surface area contributed by atoms with Crippen LogP contribution < -0.4 is 5.32 Å². The van der Waals surface area contributed by atoms with Gasteiger partial charge in [0.1, 0.15) is 0 Å². The Hall–Kier alpha value is -1.96. The van der Waals surface area contributed by atoms with Crippen molar-refractivity contribution >= 4 is 23.4 Å². The van der Waals surface area contributed by atoms with Crippen molar-refractivity contribution in [1.82, 2.24) is 20.0 Å². The lowest BCUT2D eigenvalue weighted by Crippen LogP contribution is -2.40. The number of nitrogens with one attached hydrogen (secondary N) is 1. The van der Waals surface area contributed by atoms with Gasteiger partial charge in [-0.15, -0.1) is 11.3 Å². The first-order valence-corrected chi connectivity index (χ1v) is 7.41. The fourth-order valence-electron chi connectivity index (χ4n) is 2.32. The monoisotopic (exact) mass is 293 g/mol. The number of amides is 2. The first-order valence-electron chi connectivity index (χ1n) is 6.46. The number of likely N-dealkylation sites (tertiary alicyclic amines) is 1. The maximum atomic E-state index is 12.0. The number of hydrogen-bond acceptors (Lipinski definition) is 6. The molecule has 20 heavy (non-hydrogen) atoms. The van der Waals surface area contributed by atoms with Gasteiger partial charge in [-0.1, -0.05) is 5.16 Å². The number of urea groups is 1. The molecule has 1 aliphatic rings. The van der Waals surface area contributed by atoms with Crippen LogP contribution in [-0.4, -0.2) is 39.1 Å². The zero-order valence-corrected chi connectivity index (χ0v) is 11.9. The molecule has 3 heterocycles. The highest BCUT2D eigenvalue weighted by Gasteiger charge is 2.25. The number of carbonyl (C=O) groups is 1. The molecule has 0 unspecified atom stereocenters. The average molecular weight is 293 g/mol. The minimum atomic E-state index is -0.189. The van der Waals surface area contributed by atoms with Crippen LogP contribution in [0.2, 0.25) is 0 Å². The highest BCUT2D eigenvalue weighted by atomic mass is 32.1. The predicted octanol–water partition coefficient (Wildman–Crippen LogP) is 2.25. The predicted molar refractivity (Wildman–Crippen MR) is 73.7 cm³/mol. The number of rotatable bonds is 2. The number of aromatic nitrogens is 3. The lowest BCUT2D eigenvalue weighted by molar-refractivity contribution is 0.193. The second-order valence-electron chi connectivity index (χ2n) is 4.75. The number of thiazole rings is 1. The Morgan fingerprint density at radius 3 is 2.90 bits per heavy atom. The summed E-state index contributed by atoms with van der Waals surface area (Å²) in [5.41, 5.74) is 2.99. The van der Waals surface area contributed by atoms with E-state index in [0.717, 1.165) is 18.5 Å². The van der Waals surface area contributed by atoms with Crippen LogP contribution in [0.5, 0.6) is 0 Å². The van der Waals surface area contributed by atoms with Gasteiger partial charge in [-0.2, -0.15) is 4.98 Å². The second kappa shape index (κ2) is 5.58. The largest absolute Gasteiger partial charge is 0.329 e. The number of nitrogens with zero attached hydrogens (tertiary/aromatic N) is 4. The van der Waals surface area contributed by atoms with Crippen molar-refractivity contribution in [2.75, 3.05) is 18.4 Å². The number of anilines is 1. The molecule has 1 fully saturated rings. The van der Waals surface area contributed by atoms with E-state index in [1.165, 1.54) is 0 Å². The number of carbonyl (C=O) groups excluding carboxylic acids is 1. The molecule has 7 nitrogen and oxygen atoms in total. The first kappa shape index (κ1) is 13.0. The van der Waals surface area contributed by atoms with Gasteiger partial charge >= 0.3 is 12.0 Å². The third-order valence-electron chi connectivity index (χ3n) is 3.39. The zero-order chi connectivity index (χ0) is 13.9. The molecule has 0 bridgehead atoms. The molecule has 0 spiro atoms. The highest BCUT2D eigenvalue weighted by molar-refractivity contribution is 7.07. The van der Waals surface area contributed by atoms with E-state index in [2.05, 4.69) is 25.8 Å². The number of hydrogen-bond donors (Lipinski definition) is 1. The molecule has 0 radical (unpaired) electrons. The second-order valence-corrected chi connectivity index (χ2v) is 5.47. The van der Waals surface area contributed by atoms with Gasteiger partial charge < -0.3 is 9.42 Å². The van der Waals surface area contributed by atoms with Crippen molar-refractivity contribution in [3.63, 3.8) is 0 Å². The molecule has 106 valence electrons. The summed E-state index contributed by atoms with van der Waals surface area (Å²) in [6.45, 7) is 3.13. The van der Waals surface area contributed by atoms with Gasteiger partial charge in [-0.3, -0.25) is 5.32 Å². The molecular formula is C12H15N5O2S. The quantitative estimate of drug-likeness (QED) is 0.918. The summed E-state index contributed by atoms with van der Waals surface area (Å²) in [6, 6.07) is -0.0421. The summed E-state index contributed by atoms with van der Waals surface area (Å²) in [5.74, 6) is 0.957. The minimum Gasteiger partial charge on any atom is -0.324 e. The van der Waals surface area contributed by atoms with Crippen LogP contribution in [0, 0.1) is 6.92 Å². The molecular weight excluding hydrogens is 278 g/mol. The van der Waals surface area contributed by atoms with Crippen molar-refractivity contribution in [2.45, 2.75) is 25.7 Å². The summed E-state index contributed by atoms with van der Waals surface area (Å²) in [4.78, 5) is 22.1. The Morgan fingerprint density at radius 1 is 1.50 bits per heavy atom. The van der Waals surface area contributed by atoms with E-state index in [1.54, 1.807) is 23.2 Å². The van der Waals surface area contributed by atoms with Crippen LogP contribution in [0.15, 0.2) is 15.4 Å². The summed E-state index contributed by atoms with van der Waals surface area (Å²) in [6.07, 6.45) is 1.86. The minimum absolute atomic E-state index is 0.147. The summed E-state index contributed by atoms with van der Waals surface area (Å²) < 4.78 is 4.88. The normalized spacial score (nSPS) is 16.4. The van der Waals surface area contributed by atoms with E-state index in [0.29, 0.717) is 24.8 Å². The average Bonchev–Trinajstić information content (AvgIpc) is 3.11. The smallest absolute Gasteiger partial charge is 0.324 e. The topological polar surface area (TPSA) is 84.2 Å². The van der Waals surface area contributed by atoms with Crippen molar-refractivity contribution in [1.29, 1.82) is 0 Å². The molecule has 8 heteroatoms. The molecule has 3 rings (SSSR count). The van der Waals surface area contributed by atoms with Crippen molar-refractivity contribution in [3.8, 4) is 0 Å². The van der Waals surface area contributed by atoms with Crippen molar-refractivity contribution < 1.29 is 9.32 Å². The van der Waals surface area contributed by atoms with Crippen molar-refractivity contribution in [2.24, 2.45) is 0 Å². The lowest BCUT2D eigenvalue weighted by atomic mass is 9.94. The number of piperidine rings is 1. The molecule has 1 saturated heterocycles. The molecule has 1 aliphatic heterocycles. The van der Waals surface area contributed by atoms with Gasteiger partial charge in [-0.05, 0) is 19.8 Å². The van der Waals surface area contributed by atoms with Crippen LogP contribution in [0.1, 0.15) is 30.3 Å². The standard InChI is InChI=1S/C12H15N5O2S/c1-8-14-11(19-16-8)15-12(18)17-4-2-9(3-5-17)10-6-20-7-13-10/h6-7,9H,2-5H2,1H3,(H,14,15,16,18). The van der Waals surface area contributed by atoms with Gasteiger partial charge in [0.15, 0.2) is 5.82 Å². The lowest BCUT2D eigenvalue weighted by Gasteiger charge is -2.30. The SMILES string of the molecule is Cc1noc(NC(=O)N2CCC(c3cscn3)CC2)n1. The number of aryl methyl sites for hydroxylation is 1. The summed E-state index contributed by atoms with van der Waals surface area (Å²) in [7, 11) is 0. The fraction of sp³-hybridized carbons (Fsp3) is 0.500. The zero-order valence-electron chi connectivity index (χ0n) is 11.1. The molecule has 1 N–H and O–H groups in total. The molecule has 0 saturated carbocycles. The van der Waals surface area contributed by atoms with E-state index < -0.39 is 0 Å². The fourth-order valence-corrected chi connectivity index (χ4v) is 2.96. The van der Waals surface area contributed by atoms with Gasteiger partial charge in [0.05, 0.1) is 11.2 Å². The maximum absolute atomic E-state index is 12.0. The Morgan fingerprint density at radius 2 is 2.30 bits per heavy atom. The summed E-state index contributed by atoms with van der Waals surface area (Å²) >= 11 is 1.61. The van der Waals surface area contributed by atoms with Crippen LogP contribution in [0.4, 0.5) is 10.8 Å². The third kappa shape index (κ3) is 2.79. The maximum Gasteiger partial charge on any atom is 0.329 e. The molecule has 0 atom stereocenters. The van der Waals surface area contributed by atoms with Gasteiger partial charge in [0.25, 0.3) is 0 Å².